The second kappa shape index (κ2) is 3.96. The molecule has 0 unspecified atom stereocenters. The predicted molar refractivity (Wildman–Crippen MR) is 62.7 cm³/mol. The fraction of sp³-hybridized carbons (Fsp3) is 0.182. The molecule has 0 amide bonds. The SMILES string of the molecule is C=C(Cc1ccc(S(F)(F)(F)(F)F)cc1)C(=O)OC. The van der Waals surface area contributed by atoms with Crippen LogP contribution in [0, 0.1) is 0 Å². The van der Waals surface area contributed by atoms with Crippen LogP contribution in [0.3, 0.4) is 0 Å². The quantitative estimate of drug-likeness (QED) is 0.461. The molecule has 0 spiro atoms. The number of hydrogen-bond donors (Lipinski definition) is 0. The molecule has 19 heavy (non-hydrogen) atoms. The summed E-state index contributed by atoms with van der Waals surface area (Å²) in [4.78, 5) is 9.06. The standard InChI is InChI=1S/C11H11F5O2S/c1-8(11(17)18-2)7-9-3-5-10(6-4-9)19(12,13,14,15)16/h3-6H,1,7H2,2H3. The topological polar surface area (TPSA) is 26.3 Å². The molecule has 1 rings (SSSR count). The van der Waals surface area contributed by atoms with Gasteiger partial charge in [-0.2, -0.15) is 0 Å². The average molecular weight is 302 g/mol. The summed E-state index contributed by atoms with van der Waals surface area (Å²) in [6.45, 7) is 3.38. The summed E-state index contributed by atoms with van der Waals surface area (Å²) in [7, 11) is -8.51. The fourth-order valence-corrected chi connectivity index (χ4v) is 1.98. The van der Waals surface area contributed by atoms with Crippen molar-refractivity contribution >= 4 is 16.2 Å². The molecular formula is C11H11F5O2S. The van der Waals surface area contributed by atoms with Crippen molar-refractivity contribution in [1.29, 1.82) is 0 Å². The van der Waals surface area contributed by atoms with Crippen molar-refractivity contribution in [1.82, 2.24) is 0 Å². The van der Waals surface area contributed by atoms with E-state index in [0.29, 0.717) is 12.1 Å². The van der Waals surface area contributed by atoms with E-state index in [1.807, 2.05) is 0 Å². The maximum atomic E-state index is 12.4. The van der Waals surface area contributed by atoms with Crippen LogP contribution in [0.5, 0.6) is 0 Å². The second-order valence-electron chi connectivity index (χ2n) is 3.88. The molecule has 1 aromatic carbocycles. The Morgan fingerprint density at radius 1 is 1.16 bits per heavy atom. The zero-order valence-corrected chi connectivity index (χ0v) is 10.7. The molecule has 0 bridgehead atoms. The van der Waals surface area contributed by atoms with Gasteiger partial charge in [-0.3, -0.25) is 0 Å². The van der Waals surface area contributed by atoms with E-state index in [1.165, 1.54) is 0 Å². The van der Waals surface area contributed by atoms with Crippen LogP contribution in [0.15, 0.2) is 41.3 Å². The zero-order chi connectivity index (χ0) is 15.0. The largest absolute Gasteiger partial charge is 0.466 e. The summed E-state index contributed by atoms with van der Waals surface area (Å²) in [5.74, 6) is -0.711. The van der Waals surface area contributed by atoms with Gasteiger partial charge in [-0.15, -0.1) is 0 Å². The number of ether oxygens (including phenoxy) is 1. The van der Waals surface area contributed by atoms with E-state index in [2.05, 4.69) is 11.3 Å². The van der Waals surface area contributed by atoms with Crippen molar-refractivity contribution < 1.29 is 29.0 Å². The normalized spacial score (nSPS) is 15.3. The molecule has 0 aliphatic carbocycles. The van der Waals surface area contributed by atoms with Crippen LogP contribution in [0.25, 0.3) is 0 Å². The molecule has 108 valence electrons. The lowest BCUT2D eigenvalue weighted by Crippen LogP contribution is -2.07. The number of rotatable bonds is 4. The van der Waals surface area contributed by atoms with Gasteiger partial charge >= 0.3 is 16.2 Å². The van der Waals surface area contributed by atoms with Gasteiger partial charge in [0, 0.05) is 12.0 Å². The first-order valence-electron chi connectivity index (χ1n) is 4.92. The van der Waals surface area contributed by atoms with E-state index >= 15 is 0 Å². The van der Waals surface area contributed by atoms with Crippen LogP contribution in [-0.2, 0) is 16.0 Å². The Morgan fingerprint density at radius 3 is 2.00 bits per heavy atom. The summed E-state index contributed by atoms with van der Waals surface area (Å²) >= 11 is 0. The van der Waals surface area contributed by atoms with Crippen LogP contribution in [0.1, 0.15) is 5.56 Å². The van der Waals surface area contributed by atoms with Gasteiger partial charge in [0.1, 0.15) is 4.90 Å². The van der Waals surface area contributed by atoms with Crippen molar-refractivity contribution in [2.75, 3.05) is 7.11 Å². The molecule has 2 nitrogen and oxygen atoms in total. The van der Waals surface area contributed by atoms with Crippen LogP contribution >= 0.6 is 10.2 Å². The third kappa shape index (κ3) is 4.23. The maximum absolute atomic E-state index is 12.4. The predicted octanol–water partition coefficient (Wildman–Crippen LogP) is 4.62. The molecule has 0 radical (unpaired) electrons. The molecule has 0 N–H and O–H groups in total. The monoisotopic (exact) mass is 302 g/mol. The molecule has 0 saturated heterocycles. The average Bonchev–Trinajstić information content (AvgIpc) is 2.25. The van der Waals surface area contributed by atoms with Gasteiger partial charge in [0.25, 0.3) is 0 Å². The number of hydrogen-bond acceptors (Lipinski definition) is 2. The number of carbonyl (C=O) groups is 1. The van der Waals surface area contributed by atoms with Crippen molar-refractivity contribution in [2.45, 2.75) is 11.3 Å². The maximum Gasteiger partial charge on any atom is 0.333 e. The minimum Gasteiger partial charge on any atom is -0.466 e. The highest BCUT2D eigenvalue weighted by Crippen LogP contribution is 3.02. The van der Waals surface area contributed by atoms with E-state index in [4.69, 9.17) is 0 Å². The van der Waals surface area contributed by atoms with Gasteiger partial charge in [0.05, 0.1) is 7.11 Å². The molecule has 0 heterocycles. The van der Waals surface area contributed by atoms with Crippen LogP contribution < -0.4 is 0 Å². The Balaban J connectivity index is 2.97. The summed E-state index contributed by atoms with van der Waals surface area (Å²) in [5.41, 5.74) is 0.267. The molecule has 0 atom stereocenters. The Morgan fingerprint density at radius 2 is 1.63 bits per heavy atom. The highest BCUT2D eigenvalue weighted by atomic mass is 32.5. The minimum absolute atomic E-state index is 0.0163. The Hall–Kier alpha value is -1.57. The summed E-state index contributed by atoms with van der Waals surface area (Å²) in [6, 6.07) is 2.34. The van der Waals surface area contributed by atoms with Crippen LogP contribution in [0.2, 0.25) is 0 Å². The fourth-order valence-electron chi connectivity index (χ4n) is 1.33. The first-order valence-corrected chi connectivity index (χ1v) is 6.88. The van der Waals surface area contributed by atoms with Crippen molar-refractivity contribution in [3.8, 4) is 0 Å². The Labute approximate surface area is 106 Å². The molecular weight excluding hydrogens is 291 g/mol. The zero-order valence-electron chi connectivity index (χ0n) is 9.84. The third-order valence-corrected chi connectivity index (χ3v) is 3.42. The first-order chi connectivity index (χ1) is 8.33. The molecule has 1 aromatic rings. The van der Waals surface area contributed by atoms with Gasteiger partial charge < -0.3 is 4.74 Å². The first kappa shape index (κ1) is 15.5. The number of esters is 1. The lowest BCUT2D eigenvalue weighted by atomic mass is 10.1. The smallest absolute Gasteiger partial charge is 0.333 e. The lowest BCUT2D eigenvalue weighted by Gasteiger charge is -2.40. The highest BCUT2D eigenvalue weighted by molar-refractivity contribution is 8.45. The van der Waals surface area contributed by atoms with E-state index in [1.54, 1.807) is 0 Å². The van der Waals surface area contributed by atoms with Crippen molar-refractivity contribution in [2.24, 2.45) is 0 Å². The van der Waals surface area contributed by atoms with E-state index in [9.17, 15) is 24.2 Å². The van der Waals surface area contributed by atoms with Crippen LogP contribution in [0.4, 0.5) is 19.4 Å². The van der Waals surface area contributed by atoms with Crippen molar-refractivity contribution in [3.05, 3.63) is 42.0 Å². The number of benzene rings is 1. The molecule has 0 fully saturated rings. The van der Waals surface area contributed by atoms with Gasteiger partial charge in [-0.1, -0.05) is 38.1 Å². The minimum atomic E-state index is -9.64. The molecule has 0 aliphatic heterocycles. The Bertz CT molecular complexity index is 518. The van der Waals surface area contributed by atoms with Crippen LogP contribution in [-0.4, -0.2) is 13.1 Å². The number of halogens is 5. The Kier molecular flexibility index (Phi) is 3.23. The summed E-state index contributed by atoms with van der Waals surface area (Å²) in [5, 5.41) is 0. The summed E-state index contributed by atoms with van der Waals surface area (Å²) in [6.07, 6.45) is -0.0761. The molecule has 0 aromatic heterocycles. The highest BCUT2D eigenvalue weighted by Gasteiger charge is 2.65. The number of carbonyl (C=O) groups excluding carboxylic acids is 1. The molecule has 8 heteroatoms. The molecule has 0 aliphatic rings. The second-order valence-corrected chi connectivity index (χ2v) is 6.29. The van der Waals surface area contributed by atoms with E-state index < -0.39 is 21.1 Å². The third-order valence-electron chi connectivity index (χ3n) is 2.26. The van der Waals surface area contributed by atoms with Gasteiger partial charge in [-0.25, -0.2) is 4.79 Å². The van der Waals surface area contributed by atoms with E-state index in [0.717, 1.165) is 19.2 Å². The molecule has 0 saturated carbocycles. The summed E-state index contributed by atoms with van der Waals surface area (Å²) < 4.78 is 66.5. The number of methoxy groups -OCH3 is 1. The lowest BCUT2D eigenvalue weighted by molar-refractivity contribution is -0.136. The van der Waals surface area contributed by atoms with Gasteiger partial charge in [0.2, 0.25) is 0 Å². The van der Waals surface area contributed by atoms with Gasteiger partial charge in [-0.05, 0) is 17.7 Å². The van der Waals surface area contributed by atoms with Crippen molar-refractivity contribution in [3.63, 3.8) is 0 Å². The van der Waals surface area contributed by atoms with E-state index in [-0.39, 0.29) is 17.6 Å². The van der Waals surface area contributed by atoms with Gasteiger partial charge in [0.15, 0.2) is 0 Å².